The van der Waals surface area contributed by atoms with Crippen LogP contribution in [0.4, 0.5) is 26.3 Å². The number of ether oxygens (including phenoxy) is 1. The Labute approximate surface area is 317 Å². The minimum atomic E-state index is -5.23. The normalized spacial score (nSPS) is 16.2. The Bertz CT molecular complexity index is 2430. The Hall–Kier alpha value is -4.89. The molecule has 6 rings (SSSR count). The number of carbonyl (C=O) groups excluding carboxylic acids is 1. The van der Waals surface area contributed by atoms with Crippen LogP contribution in [0, 0.1) is 0 Å². The van der Waals surface area contributed by atoms with Crippen LogP contribution in [0.1, 0.15) is 34.7 Å². The minimum Gasteiger partial charge on any atom is -0.475 e. The number of H-pyrrole nitrogens is 1. The van der Waals surface area contributed by atoms with Crippen LogP contribution >= 0.6 is 23.2 Å². The second-order valence-corrected chi connectivity index (χ2v) is 16.1. The minimum absolute atomic E-state index is 0.0531. The molecular weight excluding hydrogens is 829 g/mol. The van der Waals surface area contributed by atoms with Gasteiger partial charge >= 0.3 is 18.5 Å². The molecule has 0 bridgehead atoms. The molecule has 1 saturated heterocycles. The largest absolute Gasteiger partial charge is 0.573 e. The number of aliphatic carboxylic acids is 1. The molecule has 2 heterocycles. The van der Waals surface area contributed by atoms with Gasteiger partial charge in [-0.15, -0.1) is 13.2 Å². The Kier molecular flexibility index (Phi) is 11.8. The number of nitrogens with zero attached hydrogens (tertiary/aromatic N) is 1. The number of hydrogen-bond donors (Lipinski definition) is 4. The zero-order valence-electron chi connectivity index (χ0n) is 27.2. The van der Waals surface area contributed by atoms with Gasteiger partial charge in [-0.25, -0.2) is 31.3 Å². The molecule has 1 amide bonds. The van der Waals surface area contributed by atoms with Crippen LogP contribution in [0.25, 0.3) is 22.2 Å². The van der Waals surface area contributed by atoms with Gasteiger partial charge in [0.25, 0.3) is 0 Å². The van der Waals surface area contributed by atoms with Crippen LogP contribution in [-0.4, -0.2) is 56.3 Å². The molecule has 1 fully saturated rings. The molecule has 55 heavy (non-hydrogen) atoms. The van der Waals surface area contributed by atoms with E-state index < -0.39 is 66.4 Å². The van der Waals surface area contributed by atoms with E-state index in [0.717, 1.165) is 12.1 Å². The third-order valence-corrected chi connectivity index (χ3v) is 11.4. The molecule has 1 aliphatic rings. The Morgan fingerprint density at radius 2 is 1.56 bits per heavy atom. The number of amides is 1. The third-order valence-electron chi connectivity index (χ3n) is 7.73. The number of carbonyl (C=O) groups is 2. The predicted octanol–water partition coefficient (Wildman–Crippen LogP) is 7.22. The third kappa shape index (κ3) is 10.5. The van der Waals surface area contributed by atoms with E-state index in [4.69, 9.17) is 33.1 Å². The Morgan fingerprint density at radius 1 is 0.945 bits per heavy atom. The number of nitrogens with one attached hydrogen (secondary N) is 3. The van der Waals surface area contributed by atoms with E-state index in [1.165, 1.54) is 36.4 Å². The van der Waals surface area contributed by atoms with E-state index in [0.29, 0.717) is 27.7 Å². The van der Waals surface area contributed by atoms with Crippen LogP contribution in [0.15, 0.2) is 89.8 Å². The zero-order chi connectivity index (χ0) is 40.5. The van der Waals surface area contributed by atoms with E-state index in [2.05, 4.69) is 19.4 Å². The number of halogens is 8. The first-order chi connectivity index (χ1) is 25.5. The van der Waals surface area contributed by atoms with Gasteiger partial charge in [-0.2, -0.15) is 13.2 Å². The van der Waals surface area contributed by atoms with Gasteiger partial charge in [0, 0.05) is 10.0 Å². The van der Waals surface area contributed by atoms with E-state index >= 15 is 0 Å². The van der Waals surface area contributed by atoms with Gasteiger partial charge in [0.2, 0.25) is 26.0 Å². The van der Waals surface area contributed by atoms with Gasteiger partial charge in [0.1, 0.15) is 21.7 Å². The molecule has 0 radical (unpaired) electrons. The van der Waals surface area contributed by atoms with Crippen molar-refractivity contribution in [3.63, 3.8) is 0 Å². The van der Waals surface area contributed by atoms with Crippen molar-refractivity contribution < 1.29 is 62.6 Å². The van der Waals surface area contributed by atoms with Gasteiger partial charge < -0.3 is 14.8 Å². The maximum atomic E-state index is 13.9. The fraction of sp³-hybridized carbons (Fsp3) is 0.182. The van der Waals surface area contributed by atoms with E-state index in [1.807, 2.05) is 4.72 Å². The second kappa shape index (κ2) is 15.7. The summed E-state index contributed by atoms with van der Waals surface area (Å²) in [6.45, 7) is 0. The van der Waals surface area contributed by atoms with Crippen LogP contribution < -0.4 is 14.2 Å². The van der Waals surface area contributed by atoms with Gasteiger partial charge in [-0.1, -0.05) is 65.7 Å². The van der Waals surface area contributed by atoms with Crippen molar-refractivity contribution in [1.29, 1.82) is 0 Å². The summed E-state index contributed by atoms with van der Waals surface area (Å²) in [6.07, 6.45) is -10.6. The first-order valence-electron chi connectivity index (χ1n) is 15.3. The van der Waals surface area contributed by atoms with Gasteiger partial charge in [0.05, 0.1) is 23.5 Å². The van der Waals surface area contributed by atoms with Crippen molar-refractivity contribution in [3.05, 3.63) is 112 Å². The van der Waals surface area contributed by atoms with Gasteiger partial charge in [-0.3, -0.25) is 9.52 Å². The summed E-state index contributed by atoms with van der Waals surface area (Å²) in [5.41, 5.74) is 2.47. The molecule has 292 valence electrons. The second-order valence-electron chi connectivity index (χ2n) is 11.7. The molecule has 0 aliphatic carbocycles. The van der Waals surface area contributed by atoms with Crippen LogP contribution in [0.3, 0.4) is 0 Å². The summed E-state index contributed by atoms with van der Waals surface area (Å²) >= 11 is 12.1. The van der Waals surface area contributed by atoms with Crippen molar-refractivity contribution in [2.45, 2.75) is 41.6 Å². The lowest BCUT2D eigenvalue weighted by molar-refractivity contribution is -0.275. The number of para-hydroxylation sites is 2. The first-order valence-corrected chi connectivity index (χ1v) is 19.1. The van der Waals surface area contributed by atoms with Crippen LogP contribution in [-0.2, 0) is 36.1 Å². The quantitative estimate of drug-likeness (QED) is 0.111. The number of carboxylic acids is 1. The van der Waals surface area contributed by atoms with Crippen LogP contribution in [0.2, 0.25) is 10.0 Å². The fourth-order valence-corrected chi connectivity index (χ4v) is 8.63. The van der Waals surface area contributed by atoms with Crippen molar-refractivity contribution in [2.75, 3.05) is 0 Å². The molecule has 1 aromatic heterocycles. The number of alkyl halides is 6. The maximum Gasteiger partial charge on any atom is 0.573 e. The van der Waals surface area contributed by atoms with Gasteiger partial charge in [0.15, 0.2) is 0 Å². The highest BCUT2D eigenvalue weighted by Gasteiger charge is 2.39. The Morgan fingerprint density at radius 3 is 2.11 bits per heavy atom. The van der Waals surface area contributed by atoms with E-state index in [-0.39, 0.29) is 34.3 Å². The highest BCUT2D eigenvalue weighted by molar-refractivity contribution is 7.90. The molecule has 12 nitrogen and oxygen atoms in total. The number of rotatable bonds is 9. The molecule has 2 atom stereocenters. The molecule has 0 spiro atoms. The molecule has 0 saturated carbocycles. The summed E-state index contributed by atoms with van der Waals surface area (Å²) in [5, 5.41) is 6.47. The number of aromatic nitrogens is 2. The SMILES string of the molecule is O=C(O)C(F)(F)F.O=C1CC(c2ccc(CC(NS(=O)(=O)c3ccc(-c4cc(Cl)cc(Cl)c4)cc3OC(F)(F)F)c3nc4ccccc4[nH]3)cc2)S(=O)(=O)N1. The smallest absolute Gasteiger partial charge is 0.475 e. The number of fused-ring (bicyclic) bond motifs is 1. The lowest BCUT2D eigenvalue weighted by Crippen LogP contribution is -2.31. The topological polar surface area (TPSA) is 185 Å². The molecule has 1 aliphatic heterocycles. The molecular formula is C33H24Cl2F6N4O8S2. The van der Waals surface area contributed by atoms with Crippen molar-refractivity contribution >= 4 is 66.2 Å². The average Bonchev–Trinajstić information content (AvgIpc) is 3.62. The monoisotopic (exact) mass is 852 g/mol. The van der Waals surface area contributed by atoms with Crippen molar-refractivity contribution in [1.82, 2.24) is 19.4 Å². The Balaban J connectivity index is 0.000000757. The average molecular weight is 854 g/mol. The summed E-state index contributed by atoms with van der Waals surface area (Å²) in [7, 11) is -8.63. The number of carboxylic acid groups (broad SMARTS) is 1. The zero-order valence-corrected chi connectivity index (χ0v) is 30.4. The highest BCUT2D eigenvalue weighted by Crippen LogP contribution is 2.37. The summed E-state index contributed by atoms with van der Waals surface area (Å²) in [5.74, 6) is -4.20. The number of imidazole rings is 1. The van der Waals surface area contributed by atoms with Gasteiger partial charge in [-0.05, 0) is 71.1 Å². The highest BCUT2D eigenvalue weighted by atomic mass is 35.5. The fourth-order valence-electron chi connectivity index (χ4n) is 5.37. The number of aromatic amines is 1. The molecule has 5 aromatic rings. The molecule has 4 aromatic carbocycles. The van der Waals surface area contributed by atoms with E-state index in [1.54, 1.807) is 36.4 Å². The lowest BCUT2D eigenvalue weighted by atomic mass is 10.0. The number of sulfonamides is 2. The first kappa shape index (κ1) is 41.3. The summed E-state index contributed by atoms with van der Waals surface area (Å²) in [4.78, 5) is 27.4. The lowest BCUT2D eigenvalue weighted by Gasteiger charge is -2.20. The van der Waals surface area contributed by atoms with Crippen LogP contribution in [0.5, 0.6) is 5.75 Å². The predicted molar refractivity (Wildman–Crippen MR) is 186 cm³/mol. The molecule has 2 unspecified atom stereocenters. The van der Waals surface area contributed by atoms with Crippen molar-refractivity contribution in [3.8, 4) is 16.9 Å². The maximum absolute atomic E-state index is 13.9. The summed E-state index contributed by atoms with van der Waals surface area (Å²) < 4.78 is 133. The standard InChI is InChI=1S/C31H23Cl2F3N4O6S2.C2HF3O2/c32-21-12-20(13-22(33)15-21)19-9-10-27(26(14-19)46-31(34,35)36)47(42,43)39-25(30-37-23-3-1-2-4-24(23)38-30)11-17-5-7-18(8-6-17)28-16-29(41)40-48(28,44)45;3-2(4,5)1(6)7/h1-10,12-15,25,28,39H,11,16H2,(H,37,38)(H,40,41);(H,6,7). The summed E-state index contributed by atoms with van der Waals surface area (Å²) in [6, 6.07) is 19.5. The van der Waals surface area contributed by atoms with Crippen molar-refractivity contribution in [2.24, 2.45) is 0 Å². The van der Waals surface area contributed by atoms with E-state index in [9.17, 15) is 48.0 Å². The number of benzene rings is 4. The molecule has 4 N–H and O–H groups in total. The molecule has 22 heteroatoms. The number of hydrogen-bond acceptors (Lipinski definition) is 8.